The molecule has 1 aromatic carbocycles. The predicted molar refractivity (Wildman–Crippen MR) is 109 cm³/mol. The molecule has 3 N–H and O–H groups in total. The Balaban J connectivity index is 1.12. The van der Waals surface area contributed by atoms with Crippen molar-refractivity contribution in [2.45, 2.75) is 57.8 Å². The molecule has 3 amide bonds. The monoisotopic (exact) mass is 415 g/mol. The SMILES string of the molecule is O=C(CCCNC(=O)C12CC3CC(CC(C3)C1)C2)NNC(=O)Cc1ccc(F)cc1. The summed E-state index contributed by atoms with van der Waals surface area (Å²) in [5.74, 6) is 1.33. The van der Waals surface area contributed by atoms with Crippen molar-refractivity contribution < 1.29 is 18.8 Å². The van der Waals surface area contributed by atoms with Gasteiger partial charge >= 0.3 is 0 Å². The van der Waals surface area contributed by atoms with Gasteiger partial charge in [-0.3, -0.25) is 25.2 Å². The molecule has 30 heavy (non-hydrogen) atoms. The molecule has 4 saturated carbocycles. The molecular weight excluding hydrogens is 385 g/mol. The van der Waals surface area contributed by atoms with Gasteiger partial charge in [0.25, 0.3) is 0 Å². The zero-order chi connectivity index (χ0) is 21.1. The van der Waals surface area contributed by atoms with E-state index in [9.17, 15) is 18.8 Å². The van der Waals surface area contributed by atoms with Crippen molar-refractivity contribution in [1.82, 2.24) is 16.2 Å². The molecule has 162 valence electrons. The minimum atomic E-state index is -0.370. The van der Waals surface area contributed by atoms with Gasteiger partial charge in [-0.25, -0.2) is 4.39 Å². The molecule has 4 aliphatic carbocycles. The Kier molecular flexibility index (Phi) is 6.06. The third-order valence-electron chi connectivity index (χ3n) is 7.01. The van der Waals surface area contributed by atoms with Crippen LogP contribution in [-0.4, -0.2) is 24.3 Å². The summed E-state index contributed by atoms with van der Waals surface area (Å²) in [6, 6.07) is 5.64. The van der Waals surface area contributed by atoms with Crippen molar-refractivity contribution in [1.29, 1.82) is 0 Å². The lowest BCUT2D eigenvalue weighted by atomic mass is 9.49. The van der Waals surface area contributed by atoms with Gasteiger partial charge in [0.2, 0.25) is 17.7 Å². The Labute approximate surface area is 176 Å². The quantitative estimate of drug-likeness (QED) is 0.473. The summed E-state index contributed by atoms with van der Waals surface area (Å²) in [7, 11) is 0. The van der Waals surface area contributed by atoms with Crippen LogP contribution in [0.2, 0.25) is 0 Å². The second-order valence-electron chi connectivity index (χ2n) is 9.46. The van der Waals surface area contributed by atoms with Gasteiger partial charge in [0.1, 0.15) is 5.82 Å². The molecule has 0 aliphatic heterocycles. The summed E-state index contributed by atoms with van der Waals surface area (Å²) >= 11 is 0. The van der Waals surface area contributed by atoms with Gasteiger partial charge in [-0.15, -0.1) is 0 Å². The number of amides is 3. The Morgan fingerprint density at radius 1 is 0.900 bits per heavy atom. The number of halogens is 1. The zero-order valence-corrected chi connectivity index (χ0v) is 17.2. The molecular formula is C23H30FN3O3. The smallest absolute Gasteiger partial charge is 0.242 e. The topological polar surface area (TPSA) is 87.3 Å². The first-order chi connectivity index (χ1) is 14.4. The maximum Gasteiger partial charge on any atom is 0.242 e. The fraction of sp³-hybridized carbons (Fsp3) is 0.609. The lowest BCUT2D eigenvalue weighted by Crippen LogP contribution is -2.53. The molecule has 0 spiro atoms. The van der Waals surface area contributed by atoms with Crippen LogP contribution < -0.4 is 16.2 Å². The molecule has 0 unspecified atom stereocenters. The summed E-state index contributed by atoms with van der Waals surface area (Å²) in [5.41, 5.74) is 5.25. The van der Waals surface area contributed by atoms with E-state index in [1.54, 1.807) is 0 Å². The Morgan fingerprint density at radius 3 is 2.07 bits per heavy atom. The van der Waals surface area contributed by atoms with Crippen molar-refractivity contribution in [3.05, 3.63) is 35.6 Å². The number of hydrazine groups is 1. The lowest BCUT2D eigenvalue weighted by molar-refractivity contribution is -0.146. The van der Waals surface area contributed by atoms with Crippen LogP contribution >= 0.6 is 0 Å². The van der Waals surface area contributed by atoms with E-state index in [1.807, 2.05) is 0 Å². The first-order valence-corrected chi connectivity index (χ1v) is 11.0. The lowest BCUT2D eigenvalue weighted by Gasteiger charge is -2.55. The normalized spacial score (nSPS) is 28.8. The summed E-state index contributed by atoms with van der Waals surface area (Å²) in [5, 5.41) is 3.06. The van der Waals surface area contributed by atoms with Gasteiger partial charge in [0, 0.05) is 18.4 Å². The average molecular weight is 416 g/mol. The number of carbonyl (C=O) groups is 3. The molecule has 6 nitrogen and oxygen atoms in total. The first-order valence-electron chi connectivity index (χ1n) is 11.0. The Morgan fingerprint density at radius 2 is 1.47 bits per heavy atom. The van der Waals surface area contributed by atoms with Crippen LogP contribution in [0, 0.1) is 29.0 Å². The molecule has 5 rings (SSSR count). The van der Waals surface area contributed by atoms with Crippen molar-refractivity contribution in [3.63, 3.8) is 0 Å². The highest BCUT2D eigenvalue weighted by Gasteiger charge is 2.54. The number of hydrogen-bond acceptors (Lipinski definition) is 3. The van der Waals surface area contributed by atoms with E-state index in [2.05, 4.69) is 16.2 Å². The Hall–Kier alpha value is -2.44. The number of nitrogens with one attached hydrogen (secondary N) is 3. The average Bonchev–Trinajstić information content (AvgIpc) is 2.70. The van der Waals surface area contributed by atoms with Crippen LogP contribution in [0.15, 0.2) is 24.3 Å². The fourth-order valence-electron chi connectivity index (χ4n) is 6.06. The molecule has 0 radical (unpaired) electrons. The number of carbonyl (C=O) groups excluding carboxylic acids is 3. The second-order valence-corrected chi connectivity index (χ2v) is 9.46. The van der Waals surface area contributed by atoms with Gasteiger partial charge in [0.05, 0.1) is 6.42 Å². The van der Waals surface area contributed by atoms with Crippen LogP contribution in [0.25, 0.3) is 0 Å². The standard InChI is InChI=1S/C23H30FN3O3/c24-19-5-3-15(4-6-19)11-21(29)27-26-20(28)2-1-7-25-22(30)23-12-16-8-17(13-23)10-18(9-16)14-23/h3-6,16-18H,1-2,7-14H2,(H,25,30)(H,26,28)(H,27,29). The highest BCUT2D eigenvalue weighted by atomic mass is 19.1. The molecule has 4 bridgehead atoms. The van der Waals surface area contributed by atoms with Gasteiger partial charge in [0.15, 0.2) is 0 Å². The van der Waals surface area contributed by atoms with Crippen molar-refractivity contribution in [2.24, 2.45) is 23.2 Å². The third-order valence-corrected chi connectivity index (χ3v) is 7.01. The van der Waals surface area contributed by atoms with Crippen LogP contribution in [0.1, 0.15) is 56.9 Å². The first kappa shape index (κ1) is 20.8. The van der Waals surface area contributed by atoms with E-state index in [1.165, 1.54) is 43.5 Å². The minimum Gasteiger partial charge on any atom is -0.356 e. The van der Waals surface area contributed by atoms with Crippen LogP contribution in [0.5, 0.6) is 0 Å². The predicted octanol–water partition coefficient (Wildman–Crippen LogP) is 2.63. The fourth-order valence-corrected chi connectivity index (χ4v) is 6.06. The molecule has 1 aromatic rings. The van der Waals surface area contributed by atoms with Crippen LogP contribution in [0.4, 0.5) is 4.39 Å². The van der Waals surface area contributed by atoms with E-state index >= 15 is 0 Å². The summed E-state index contributed by atoms with van der Waals surface area (Å²) in [6.07, 6.45) is 7.82. The van der Waals surface area contributed by atoms with Gasteiger partial charge in [-0.2, -0.15) is 0 Å². The highest BCUT2D eigenvalue weighted by molar-refractivity contribution is 5.84. The van der Waals surface area contributed by atoms with E-state index in [-0.39, 0.29) is 41.8 Å². The Bertz CT molecular complexity index is 773. The molecule has 0 heterocycles. The highest BCUT2D eigenvalue weighted by Crippen LogP contribution is 2.60. The summed E-state index contributed by atoms with van der Waals surface area (Å²) in [4.78, 5) is 36.6. The largest absolute Gasteiger partial charge is 0.356 e. The second kappa shape index (κ2) is 8.74. The van der Waals surface area contributed by atoms with E-state index in [0.29, 0.717) is 18.5 Å². The number of hydrogen-bond donors (Lipinski definition) is 3. The van der Waals surface area contributed by atoms with Gasteiger partial charge in [-0.1, -0.05) is 12.1 Å². The number of rotatable bonds is 7. The third kappa shape index (κ3) is 4.82. The van der Waals surface area contributed by atoms with Gasteiger partial charge < -0.3 is 5.32 Å². The van der Waals surface area contributed by atoms with Crippen LogP contribution in [-0.2, 0) is 20.8 Å². The van der Waals surface area contributed by atoms with E-state index in [4.69, 9.17) is 0 Å². The molecule has 4 fully saturated rings. The molecule has 7 heteroatoms. The maximum atomic E-state index is 12.9. The summed E-state index contributed by atoms with van der Waals surface area (Å²) < 4.78 is 12.9. The van der Waals surface area contributed by atoms with Crippen molar-refractivity contribution >= 4 is 17.7 Å². The maximum absolute atomic E-state index is 12.9. The van der Waals surface area contributed by atoms with Gasteiger partial charge in [-0.05, 0) is 80.4 Å². The van der Waals surface area contributed by atoms with Crippen molar-refractivity contribution in [3.8, 4) is 0 Å². The zero-order valence-electron chi connectivity index (χ0n) is 17.2. The number of benzene rings is 1. The molecule has 0 aromatic heterocycles. The van der Waals surface area contributed by atoms with Crippen molar-refractivity contribution in [2.75, 3.05) is 6.54 Å². The van der Waals surface area contributed by atoms with Crippen LogP contribution in [0.3, 0.4) is 0 Å². The minimum absolute atomic E-state index is 0.0572. The van der Waals surface area contributed by atoms with E-state index < -0.39 is 0 Å². The summed E-state index contributed by atoms with van der Waals surface area (Å²) in [6.45, 7) is 0.470. The van der Waals surface area contributed by atoms with E-state index in [0.717, 1.165) is 37.0 Å². The molecule has 0 saturated heterocycles. The molecule has 0 atom stereocenters. The molecule has 4 aliphatic rings.